The van der Waals surface area contributed by atoms with Gasteiger partial charge in [-0.1, -0.05) is 0 Å². The molecule has 0 unspecified atom stereocenters. The number of nitrogens with zero attached hydrogens (tertiary/aromatic N) is 3. The molecular formula is C13H16F3N3O. The molecule has 110 valence electrons. The molecule has 0 spiro atoms. The number of pyridine rings is 1. The number of hydrogen-bond acceptors (Lipinski definition) is 4. The maximum absolute atomic E-state index is 12.6. The maximum atomic E-state index is 12.6. The first kappa shape index (κ1) is 13.6. The van der Waals surface area contributed by atoms with E-state index in [1.165, 1.54) is 6.20 Å². The fraction of sp³-hybridized carbons (Fsp3) is 0.615. The molecule has 0 atom stereocenters. The van der Waals surface area contributed by atoms with Crippen LogP contribution in [0, 0.1) is 0 Å². The molecule has 2 fully saturated rings. The molecule has 2 saturated heterocycles. The van der Waals surface area contributed by atoms with E-state index < -0.39 is 11.9 Å². The minimum atomic E-state index is -4.38. The highest BCUT2D eigenvalue weighted by atomic mass is 19.4. The second-order valence-corrected chi connectivity index (χ2v) is 5.10. The van der Waals surface area contributed by atoms with Crippen LogP contribution < -0.4 is 4.90 Å². The summed E-state index contributed by atoms with van der Waals surface area (Å²) in [5, 5.41) is 0. The first-order valence-corrected chi connectivity index (χ1v) is 6.64. The number of hydrogen-bond donors (Lipinski definition) is 0. The Morgan fingerprint density at radius 2 is 1.90 bits per heavy atom. The number of anilines is 1. The summed E-state index contributed by atoms with van der Waals surface area (Å²) >= 11 is 0. The normalized spacial score (nSPS) is 21.9. The molecule has 2 aliphatic heterocycles. The van der Waals surface area contributed by atoms with Crippen LogP contribution in [0.25, 0.3) is 0 Å². The third kappa shape index (κ3) is 2.73. The molecule has 4 nitrogen and oxygen atoms in total. The van der Waals surface area contributed by atoms with Gasteiger partial charge in [0, 0.05) is 44.1 Å². The number of morpholine rings is 1. The Kier molecular flexibility index (Phi) is 3.55. The Labute approximate surface area is 115 Å². The fourth-order valence-corrected chi connectivity index (χ4v) is 2.61. The summed E-state index contributed by atoms with van der Waals surface area (Å²) in [6.45, 7) is 4.82. The zero-order valence-corrected chi connectivity index (χ0v) is 10.9. The van der Waals surface area contributed by atoms with Crippen LogP contribution in [0.1, 0.15) is 5.69 Å². The van der Waals surface area contributed by atoms with E-state index in [1.807, 2.05) is 4.90 Å². The van der Waals surface area contributed by atoms with Gasteiger partial charge in [-0.2, -0.15) is 13.2 Å². The molecule has 20 heavy (non-hydrogen) atoms. The van der Waals surface area contributed by atoms with Crippen LogP contribution >= 0.6 is 0 Å². The molecule has 0 amide bonds. The molecule has 0 aliphatic carbocycles. The van der Waals surface area contributed by atoms with Crippen molar-refractivity contribution in [3.05, 3.63) is 24.0 Å². The van der Waals surface area contributed by atoms with Gasteiger partial charge in [-0.05, 0) is 12.1 Å². The number of halogens is 3. The zero-order valence-electron chi connectivity index (χ0n) is 10.9. The predicted octanol–water partition coefficient (Wildman–Crippen LogP) is 1.62. The Hall–Kier alpha value is -1.34. The van der Waals surface area contributed by atoms with E-state index in [0.29, 0.717) is 11.7 Å². The van der Waals surface area contributed by atoms with E-state index >= 15 is 0 Å². The molecule has 0 radical (unpaired) electrons. The minimum Gasteiger partial charge on any atom is -0.379 e. The topological polar surface area (TPSA) is 28.6 Å². The summed E-state index contributed by atoms with van der Waals surface area (Å²) < 4.78 is 43.1. The van der Waals surface area contributed by atoms with Gasteiger partial charge in [-0.25, -0.2) is 0 Å². The lowest BCUT2D eigenvalue weighted by atomic mass is 10.1. The number of aromatic nitrogens is 1. The van der Waals surface area contributed by atoms with Crippen molar-refractivity contribution in [2.45, 2.75) is 12.2 Å². The van der Waals surface area contributed by atoms with E-state index in [9.17, 15) is 13.2 Å². The molecule has 0 bridgehead atoms. The van der Waals surface area contributed by atoms with Crippen molar-refractivity contribution in [3.8, 4) is 0 Å². The largest absolute Gasteiger partial charge is 0.433 e. The Balaban J connectivity index is 1.62. The quantitative estimate of drug-likeness (QED) is 0.826. The van der Waals surface area contributed by atoms with Crippen LogP contribution in [-0.4, -0.2) is 55.3 Å². The van der Waals surface area contributed by atoms with Gasteiger partial charge < -0.3 is 9.64 Å². The number of ether oxygens (including phenoxy) is 1. The Morgan fingerprint density at radius 3 is 2.55 bits per heavy atom. The molecule has 1 aromatic heterocycles. The average molecular weight is 287 g/mol. The van der Waals surface area contributed by atoms with Gasteiger partial charge in [0.15, 0.2) is 0 Å². The van der Waals surface area contributed by atoms with Crippen molar-refractivity contribution >= 4 is 5.69 Å². The van der Waals surface area contributed by atoms with Crippen molar-refractivity contribution < 1.29 is 17.9 Å². The first-order valence-electron chi connectivity index (χ1n) is 6.64. The second-order valence-electron chi connectivity index (χ2n) is 5.10. The lowest BCUT2D eigenvalue weighted by Crippen LogP contribution is -2.61. The fourth-order valence-electron chi connectivity index (χ4n) is 2.61. The van der Waals surface area contributed by atoms with Gasteiger partial charge in [0.1, 0.15) is 5.69 Å². The standard InChI is InChI=1S/C13H16F3N3O/c14-13(15,16)12-7-10(1-2-17-12)19-8-11(9-19)18-3-5-20-6-4-18/h1-2,7,11H,3-6,8-9H2. The van der Waals surface area contributed by atoms with Crippen LogP contribution in [0.4, 0.5) is 18.9 Å². The van der Waals surface area contributed by atoms with Gasteiger partial charge in [0.05, 0.1) is 13.2 Å². The lowest BCUT2D eigenvalue weighted by molar-refractivity contribution is -0.141. The number of rotatable bonds is 2. The highest BCUT2D eigenvalue weighted by molar-refractivity contribution is 5.50. The summed E-state index contributed by atoms with van der Waals surface area (Å²) in [4.78, 5) is 7.68. The number of alkyl halides is 3. The van der Waals surface area contributed by atoms with Crippen molar-refractivity contribution in [2.75, 3.05) is 44.3 Å². The van der Waals surface area contributed by atoms with Crippen molar-refractivity contribution in [1.29, 1.82) is 0 Å². The third-order valence-electron chi connectivity index (χ3n) is 3.82. The molecule has 2 aliphatic rings. The van der Waals surface area contributed by atoms with Crippen LogP contribution in [0.15, 0.2) is 18.3 Å². The second kappa shape index (κ2) is 5.21. The summed E-state index contributed by atoms with van der Waals surface area (Å²) in [5.74, 6) is 0. The Morgan fingerprint density at radius 1 is 1.20 bits per heavy atom. The molecule has 3 heterocycles. The van der Waals surface area contributed by atoms with Crippen LogP contribution in [0.2, 0.25) is 0 Å². The highest BCUT2D eigenvalue weighted by Crippen LogP contribution is 2.31. The van der Waals surface area contributed by atoms with E-state index in [-0.39, 0.29) is 0 Å². The molecule has 0 aromatic carbocycles. The highest BCUT2D eigenvalue weighted by Gasteiger charge is 2.36. The summed E-state index contributed by atoms with van der Waals surface area (Å²) in [6, 6.07) is 3.17. The van der Waals surface area contributed by atoms with Gasteiger partial charge >= 0.3 is 6.18 Å². The summed E-state index contributed by atoms with van der Waals surface area (Å²) in [5.41, 5.74) is -0.235. The third-order valence-corrected chi connectivity index (χ3v) is 3.82. The minimum absolute atomic E-state index is 0.418. The molecule has 3 rings (SSSR count). The molecular weight excluding hydrogens is 271 g/mol. The van der Waals surface area contributed by atoms with Gasteiger partial charge in [0.2, 0.25) is 0 Å². The molecule has 1 aromatic rings. The maximum Gasteiger partial charge on any atom is 0.433 e. The Bertz CT molecular complexity index is 468. The predicted molar refractivity (Wildman–Crippen MR) is 67.6 cm³/mol. The molecule has 0 saturated carbocycles. The summed E-state index contributed by atoms with van der Waals surface area (Å²) in [7, 11) is 0. The lowest BCUT2D eigenvalue weighted by Gasteiger charge is -2.47. The zero-order chi connectivity index (χ0) is 14.2. The van der Waals surface area contributed by atoms with E-state index in [2.05, 4.69) is 9.88 Å². The van der Waals surface area contributed by atoms with Gasteiger partial charge in [-0.15, -0.1) is 0 Å². The first-order chi connectivity index (χ1) is 9.54. The van der Waals surface area contributed by atoms with Crippen molar-refractivity contribution in [1.82, 2.24) is 9.88 Å². The van der Waals surface area contributed by atoms with E-state index in [4.69, 9.17) is 4.74 Å². The van der Waals surface area contributed by atoms with Gasteiger partial charge in [-0.3, -0.25) is 9.88 Å². The molecule has 0 N–H and O–H groups in total. The van der Waals surface area contributed by atoms with Gasteiger partial charge in [0.25, 0.3) is 0 Å². The monoisotopic (exact) mass is 287 g/mol. The van der Waals surface area contributed by atoms with E-state index in [1.54, 1.807) is 6.07 Å². The SMILES string of the molecule is FC(F)(F)c1cc(N2CC(N3CCOCC3)C2)ccn1. The van der Waals surface area contributed by atoms with E-state index in [0.717, 1.165) is 45.5 Å². The average Bonchev–Trinajstić information content (AvgIpc) is 2.38. The van der Waals surface area contributed by atoms with Crippen LogP contribution in [0.5, 0.6) is 0 Å². The summed E-state index contributed by atoms with van der Waals surface area (Å²) in [6.07, 6.45) is -3.16. The van der Waals surface area contributed by atoms with Crippen LogP contribution in [0.3, 0.4) is 0 Å². The molecule has 7 heteroatoms. The van der Waals surface area contributed by atoms with Crippen LogP contribution in [-0.2, 0) is 10.9 Å². The van der Waals surface area contributed by atoms with Crippen molar-refractivity contribution in [2.24, 2.45) is 0 Å². The van der Waals surface area contributed by atoms with Crippen molar-refractivity contribution in [3.63, 3.8) is 0 Å². The smallest absolute Gasteiger partial charge is 0.379 e.